The van der Waals surface area contributed by atoms with Gasteiger partial charge in [0.2, 0.25) is 5.91 Å². The molecule has 0 unspecified atom stereocenters. The van der Waals surface area contributed by atoms with Crippen LogP contribution in [0.2, 0.25) is 0 Å². The number of amides is 1. The molecule has 2 aromatic carbocycles. The number of carbonyl (C=O) groups excluding carboxylic acids is 1. The first-order valence-corrected chi connectivity index (χ1v) is 14.2. The lowest BCUT2D eigenvalue weighted by molar-refractivity contribution is -0.134. The molecule has 41 heavy (non-hydrogen) atoms. The molecule has 0 bridgehead atoms. The summed E-state index contributed by atoms with van der Waals surface area (Å²) in [7, 11) is 0. The highest BCUT2D eigenvalue weighted by Gasteiger charge is 2.32. The van der Waals surface area contributed by atoms with Crippen molar-refractivity contribution in [2.24, 2.45) is 0 Å². The van der Waals surface area contributed by atoms with Gasteiger partial charge < -0.3 is 25.7 Å². The van der Waals surface area contributed by atoms with Gasteiger partial charge in [0.1, 0.15) is 23.4 Å². The molecule has 1 amide bonds. The fourth-order valence-electron chi connectivity index (χ4n) is 6.16. The van der Waals surface area contributed by atoms with Gasteiger partial charge in [0.25, 0.3) is 6.01 Å². The van der Waals surface area contributed by atoms with Crippen molar-refractivity contribution in [3.63, 3.8) is 0 Å². The quantitative estimate of drug-likeness (QED) is 0.288. The van der Waals surface area contributed by atoms with Crippen LogP contribution in [0.3, 0.4) is 0 Å². The minimum atomic E-state index is -0.0374. The van der Waals surface area contributed by atoms with E-state index >= 15 is 0 Å². The summed E-state index contributed by atoms with van der Waals surface area (Å²) in [6.45, 7) is 6.40. The summed E-state index contributed by atoms with van der Waals surface area (Å²) in [5.41, 5.74) is 13.4. The van der Waals surface area contributed by atoms with Gasteiger partial charge in [-0.3, -0.25) is 4.79 Å². The Morgan fingerprint density at radius 2 is 1.90 bits per heavy atom. The summed E-state index contributed by atoms with van der Waals surface area (Å²) in [5.74, 6) is 0.617. The Bertz CT molecular complexity index is 1740. The molecule has 5 heterocycles. The first-order valence-electron chi connectivity index (χ1n) is 14.2. The van der Waals surface area contributed by atoms with Gasteiger partial charge >= 0.3 is 0 Å². The van der Waals surface area contributed by atoms with Gasteiger partial charge in [0.05, 0.1) is 17.5 Å². The highest BCUT2D eigenvalue weighted by Crippen LogP contribution is 2.35. The Morgan fingerprint density at radius 3 is 2.66 bits per heavy atom. The maximum Gasteiger partial charge on any atom is 0.300 e. The van der Waals surface area contributed by atoms with Crippen molar-refractivity contribution in [2.45, 2.75) is 51.6 Å². The van der Waals surface area contributed by atoms with Crippen molar-refractivity contribution in [3.05, 3.63) is 53.9 Å². The summed E-state index contributed by atoms with van der Waals surface area (Å²) in [6.07, 6.45) is 5.09. The van der Waals surface area contributed by atoms with Gasteiger partial charge in [-0.15, -0.1) is 0 Å². The van der Waals surface area contributed by atoms with Crippen molar-refractivity contribution in [1.29, 1.82) is 0 Å². The van der Waals surface area contributed by atoms with E-state index in [1.807, 2.05) is 46.8 Å². The number of nitrogen functional groups attached to an aromatic ring is 1. The van der Waals surface area contributed by atoms with Gasteiger partial charge in [-0.2, -0.15) is 10.1 Å². The maximum atomic E-state index is 12.9. The zero-order chi connectivity index (χ0) is 28.1. The topological polar surface area (TPSA) is 140 Å². The monoisotopic (exact) mass is 551 g/mol. The molecule has 7 rings (SSSR count). The molecule has 0 spiro atoms. The Morgan fingerprint density at radius 1 is 1.10 bits per heavy atom. The summed E-state index contributed by atoms with van der Waals surface area (Å²) in [5, 5.41) is 12.4. The number of benzene rings is 2. The largest absolute Gasteiger partial charge is 0.423 e. The molecule has 11 nitrogen and oxygen atoms in total. The third kappa shape index (κ3) is 4.65. The first kappa shape index (κ1) is 25.5. The minimum Gasteiger partial charge on any atom is -0.423 e. The molecular formula is C30H33N9O2. The average Bonchev–Trinajstić information content (AvgIpc) is 3.73. The third-order valence-electron chi connectivity index (χ3n) is 8.23. The summed E-state index contributed by atoms with van der Waals surface area (Å²) < 4.78 is 7.95. The number of aromatic nitrogens is 5. The van der Waals surface area contributed by atoms with E-state index in [0.717, 1.165) is 76.8 Å². The Labute approximate surface area is 237 Å². The van der Waals surface area contributed by atoms with Crippen LogP contribution in [-0.2, 0) is 4.79 Å². The Balaban J connectivity index is 1.13. The van der Waals surface area contributed by atoms with Gasteiger partial charge in [0.15, 0.2) is 11.2 Å². The van der Waals surface area contributed by atoms with Crippen LogP contribution < -0.4 is 16.4 Å². The van der Waals surface area contributed by atoms with Crippen molar-refractivity contribution in [1.82, 2.24) is 34.9 Å². The number of fused-ring (bicyclic) bond motifs is 2. The predicted molar refractivity (Wildman–Crippen MR) is 158 cm³/mol. The van der Waals surface area contributed by atoms with Crippen LogP contribution in [0.5, 0.6) is 0 Å². The number of likely N-dealkylation sites (tertiary alicyclic amines) is 1. The van der Waals surface area contributed by atoms with Crippen LogP contribution in [0.15, 0.2) is 47.1 Å². The average molecular weight is 552 g/mol. The molecule has 2 saturated heterocycles. The highest BCUT2D eigenvalue weighted by molar-refractivity contribution is 5.98. The van der Waals surface area contributed by atoms with E-state index in [2.05, 4.69) is 38.6 Å². The number of piperidine rings is 1. The standard InChI is InChI=1S/C30H33N9O2/c1-17-14-18(2)26-23(15-17)36-30(41-26)35-20-7-5-19(6-8-20)25-24-27(31)33-16-34-28(24)39(37-25)21-9-12-38(13-10-21)29(40)22-4-3-11-32-22/h5-8,14-16,21-22,32H,3-4,9-13H2,1-2H3,(H,35,36)(H2,31,33,34)/t22-/m1/s1. The fraction of sp³-hybridized carbons (Fsp3) is 0.367. The van der Waals surface area contributed by atoms with E-state index in [4.69, 9.17) is 15.2 Å². The van der Waals surface area contributed by atoms with E-state index in [0.29, 0.717) is 30.6 Å². The molecule has 0 radical (unpaired) electrons. The molecule has 5 aromatic rings. The third-order valence-corrected chi connectivity index (χ3v) is 8.23. The van der Waals surface area contributed by atoms with Gasteiger partial charge in [-0.1, -0.05) is 18.2 Å². The molecular weight excluding hydrogens is 518 g/mol. The number of rotatable bonds is 5. The molecule has 2 aliphatic rings. The minimum absolute atomic E-state index is 0.0374. The van der Waals surface area contributed by atoms with Crippen LogP contribution in [0.1, 0.15) is 42.9 Å². The number of nitrogens with two attached hydrogens (primary N) is 1. The van der Waals surface area contributed by atoms with Crippen molar-refractivity contribution >= 4 is 45.6 Å². The van der Waals surface area contributed by atoms with Crippen molar-refractivity contribution in [3.8, 4) is 11.3 Å². The molecule has 2 fully saturated rings. The van der Waals surface area contributed by atoms with E-state index in [9.17, 15) is 4.79 Å². The highest BCUT2D eigenvalue weighted by atomic mass is 16.4. The fourth-order valence-corrected chi connectivity index (χ4v) is 6.16. The molecule has 4 N–H and O–H groups in total. The lowest BCUT2D eigenvalue weighted by atomic mass is 10.0. The molecule has 0 saturated carbocycles. The summed E-state index contributed by atoms with van der Waals surface area (Å²) in [6, 6.07) is 12.6. The Kier molecular flexibility index (Phi) is 6.30. The number of nitrogens with zero attached hydrogens (tertiary/aromatic N) is 6. The number of carbonyl (C=O) groups is 1. The zero-order valence-electron chi connectivity index (χ0n) is 23.2. The second-order valence-corrected chi connectivity index (χ2v) is 11.1. The number of nitrogens with one attached hydrogen (secondary N) is 2. The van der Waals surface area contributed by atoms with Crippen LogP contribution >= 0.6 is 0 Å². The Hall–Kier alpha value is -4.51. The van der Waals surface area contributed by atoms with E-state index in [1.54, 1.807) is 0 Å². The molecule has 11 heteroatoms. The number of hydrogen-bond acceptors (Lipinski definition) is 9. The van der Waals surface area contributed by atoms with Gasteiger partial charge in [-0.25, -0.2) is 14.6 Å². The summed E-state index contributed by atoms with van der Waals surface area (Å²) in [4.78, 5) is 28.3. The number of aryl methyl sites for hydroxylation is 2. The predicted octanol–water partition coefficient (Wildman–Crippen LogP) is 4.49. The van der Waals surface area contributed by atoms with Crippen LogP contribution in [0, 0.1) is 13.8 Å². The lowest BCUT2D eigenvalue weighted by Gasteiger charge is -2.33. The second-order valence-electron chi connectivity index (χ2n) is 11.1. The van der Waals surface area contributed by atoms with Crippen molar-refractivity contribution in [2.75, 3.05) is 30.7 Å². The number of hydrogen-bond donors (Lipinski definition) is 3. The van der Waals surface area contributed by atoms with Gasteiger partial charge in [0, 0.05) is 24.3 Å². The normalized spacial score (nSPS) is 18.0. The van der Waals surface area contributed by atoms with E-state index in [-0.39, 0.29) is 18.0 Å². The number of anilines is 3. The van der Waals surface area contributed by atoms with Gasteiger partial charge in [-0.05, 0) is 75.4 Å². The second kappa shape index (κ2) is 10.2. The van der Waals surface area contributed by atoms with E-state index < -0.39 is 0 Å². The smallest absolute Gasteiger partial charge is 0.300 e. The first-order chi connectivity index (χ1) is 19.9. The number of oxazole rings is 1. The van der Waals surface area contributed by atoms with Crippen LogP contribution in [-0.4, -0.2) is 61.2 Å². The van der Waals surface area contributed by atoms with Crippen LogP contribution in [0.25, 0.3) is 33.4 Å². The molecule has 210 valence electrons. The molecule has 2 aliphatic heterocycles. The summed E-state index contributed by atoms with van der Waals surface area (Å²) >= 11 is 0. The maximum absolute atomic E-state index is 12.9. The molecule has 3 aromatic heterocycles. The van der Waals surface area contributed by atoms with Crippen LogP contribution in [0.4, 0.5) is 17.5 Å². The van der Waals surface area contributed by atoms with Crippen molar-refractivity contribution < 1.29 is 9.21 Å². The SMILES string of the molecule is Cc1cc(C)c2oc(Nc3ccc(-c4nn(C5CCN(C(=O)[C@H]6CCCN6)CC5)c5ncnc(N)c45)cc3)nc2c1. The lowest BCUT2D eigenvalue weighted by Crippen LogP contribution is -2.47. The molecule has 1 atom stereocenters. The zero-order valence-corrected chi connectivity index (χ0v) is 23.2. The van der Waals surface area contributed by atoms with E-state index in [1.165, 1.54) is 6.33 Å². The molecule has 0 aliphatic carbocycles.